The summed E-state index contributed by atoms with van der Waals surface area (Å²) in [5, 5.41) is 0. The van der Waals surface area contributed by atoms with Crippen molar-refractivity contribution in [2.45, 2.75) is 45.6 Å². The molecule has 0 radical (unpaired) electrons. The zero-order valence-corrected chi connectivity index (χ0v) is 11.0. The largest absolute Gasteiger partial charge is 0.213 e. The Kier molecular flexibility index (Phi) is 4.44. The Morgan fingerprint density at radius 1 is 1.47 bits per heavy atom. The van der Waals surface area contributed by atoms with Crippen LogP contribution in [0.3, 0.4) is 0 Å². The standard InChI is InChI=1S/C10H20ClNO2S/c1-10(2)5-3-4-9(8-10)12-15(13,14)7-6-11/h9,12H,3-8H2,1-2H3. The van der Waals surface area contributed by atoms with Gasteiger partial charge in [-0.25, -0.2) is 13.1 Å². The molecule has 1 N–H and O–H groups in total. The SMILES string of the molecule is CC1(C)CCCC(NS(=O)(=O)CCCl)C1. The van der Waals surface area contributed by atoms with Gasteiger partial charge in [-0.2, -0.15) is 0 Å². The summed E-state index contributed by atoms with van der Waals surface area (Å²) in [6, 6.07) is 0.0990. The molecule has 15 heavy (non-hydrogen) atoms. The molecule has 1 unspecified atom stereocenters. The highest BCUT2D eigenvalue weighted by Crippen LogP contribution is 2.35. The predicted molar refractivity (Wildman–Crippen MR) is 63.7 cm³/mol. The Morgan fingerprint density at radius 2 is 2.13 bits per heavy atom. The fourth-order valence-corrected chi connectivity index (χ4v) is 3.85. The van der Waals surface area contributed by atoms with Crippen molar-refractivity contribution in [3.05, 3.63) is 0 Å². The molecule has 0 amide bonds. The number of rotatable bonds is 4. The number of hydrogen-bond donors (Lipinski definition) is 1. The van der Waals surface area contributed by atoms with Crippen LogP contribution >= 0.6 is 11.6 Å². The van der Waals surface area contributed by atoms with E-state index in [4.69, 9.17) is 11.6 Å². The Labute approximate surface area is 97.6 Å². The van der Waals surface area contributed by atoms with Gasteiger partial charge in [0.15, 0.2) is 0 Å². The van der Waals surface area contributed by atoms with E-state index >= 15 is 0 Å². The highest BCUT2D eigenvalue weighted by molar-refractivity contribution is 7.89. The molecule has 5 heteroatoms. The molecule has 1 saturated carbocycles. The van der Waals surface area contributed by atoms with Gasteiger partial charge in [-0.15, -0.1) is 11.6 Å². The number of halogens is 1. The van der Waals surface area contributed by atoms with Gasteiger partial charge in [0.1, 0.15) is 0 Å². The van der Waals surface area contributed by atoms with Crippen LogP contribution in [0, 0.1) is 5.41 Å². The number of alkyl halides is 1. The van der Waals surface area contributed by atoms with E-state index < -0.39 is 10.0 Å². The maximum atomic E-state index is 11.5. The molecule has 0 aromatic carbocycles. The van der Waals surface area contributed by atoms with Crippen molar-refractivity contribution >= 4 is 21.6 Å². The van der Waals surface area contributed by atoms with Crippen LogP contribution in [0.1, 0.15) is 39.5 Å². The summed E-state index contributed by atoms with van der Waals surface area (Å²) in [5.41, 5.74) is 0.256. The highest BCUT2D eigenvalue weighted by atomic mass is 35.5. The first-order valence-corrected chi connectivity index (χ1v) is 7.59. The van der Waals surface area contributed by atoms with E-state index in [1.54, 1.807) is 0 Å². The van der Waals surface area contributed by atoms with Crippen molar-refractivity contribution < 1.29 is 8.42 Å². The molecule has 0 saturated heterocycles. The fourth-order valence-electron chi connectivity index (χ4n) is 2.21. The van der Waals surface area contributed by atoms with E-state index in [0.29, 0.717) is 0 Å². The van der Waals surface area contributed by atoms with Crippen LogP contribution < -0.4 is 4.72 Å². The molecule has 1 atom stereocenters. The Hall–Kier alpha value is 0.200. The van der Waals surface area contributed by atoms with Crippen molar-refractivity contribution in [1.29, 1.82) is 0 Å². The molecule has 3 nitrogen and oxygen atoms in total. The fraction of sp³-hybridized carbons (Fsp3) is 1.00. The van der Waals surface area contributed by atoms with Gasteiger partial charge in [-0.3, -0.25) is 0 Å². The van der Waals surface area contributed by atoms with Crippen LogP contribution in [0.5, 0.6) is 0 Å². The number of hydrogen-bond acceptors (Lipinski definition) is 2. The maximum absolute atomic E-state index is 11.5. The highest BCUT2D eigenvalue weighted by Gasteiger charge is 2.29. The molecule has 0 aromatic heterocycles. The number of nitrogens with one attached hydrogen (secondary N) is 1. The quantitative estimate of drug-likeness (QED) is 0.780. The molecule has 0 spiro atoms. The zero-order chi connectivity index (χ0) is 11.5. The van der Waals surface area contributed by atoms with E-state index in [9.17, 15) is 8.42 Å². The van der Waals surface area contributed by atoms with E-state index in [1.165, 1.54) is 6.42 Å². The second-order valence-electron chi connectivity index (χ2n) is 5.08. The van der Waals surface area contributed by atoms with E-state index in [2.05, 4.69) is 18.6 Å². The third-order valence-electron chi connectivity index (χ3n) is 2.90. The van der Waals surface area contributed by atoms with Crippen molar-refractivity contribution in [2.75, 3.05) is 11.6 Å². The molecule has 0 aromatic rings. The Morgan fingerprint density at radius 3 is 2.67 bits per heavy atom. The van der Waals surface area contributed by atoms with Crippen LogP contribution in [0.2, 0.25) is 0 Å². The molecule has 0 heterocycles. The predicted octanol–water partition coefficient (Wildman–Crippen LogP) is 2.11. The van der Waals surface area contributed by atoms with Crippen LogP contribution in [0.15, 0.2) is 0 Å². The van der Waals surface area contributed by atoms with Gasteiger partial charge in [-0.1, -0.05) is 20.3 Å². The van der Waals surface area contributed by atoms with Gasteiger partial charge in [0.25, 0.3) is 0 Å². The molecule has 1 aliphatic rings. The first-order valence-electron chi connectivity index (χ1n) is 5.41. The first kappa shape index (κ1) is 13.3. The summed E-state index contributed by atoms with van der Waals surface area (Å²) in [5.74, 6) is 0.178. The van der Waals surface area contributed by atoms with E-state index in [0.717, 1.165) is 19.3 Å². The minimum atomic E-state index is -3.16. The topological polar surface area (TPSA) is 46.2 Å². The lowest BCUT2D eigenvalue weighted by Gasteiger charge is -2.35. The van der Waals surface area contributed by atoms with Crippen LogP contribution in [0.25, 0.3) is 0 Å². The summed E-state index contributed by atoms with van der Waals surface area (Å²) in [7, 11) is -3.16. The lowest BCUT2D eigenvalue weighted by Crippen LogP contribution is -2.41. The van der Waals surface area contributed by atoms with Crippen molar-refractivity contribution in [3.63, 3.8) is 0 Å². The molecule has 0 aliphatic heterocycles. The van der Waals surface area contributed by atoms with Crippen LogP contribution in [-0.2, 0) is 10.0 Å². The van der Waals surface area contributed by atoms with Crippen molar-refractivity contribution in [1.82, 2.24) is 4.72 Å². The summed E-state index contributed by atoms with van der Waals surface area (Å²) < 4.78 is 25.8. The molecular formula is C10H20ClNO2S. The molecule has 1 fully saturated rings. The van der Waals surface area contributed by atoms with Crippen LogP contribution in [0.4, 0.5) is 0 Å². The van der Waals surface area contributed by atoms with E-state index in [1.807, 2.05) is 0 Å². The van der Waals surface area contributed by atoms with Gasteiger partial charge in [0, 0.05) is 11.9 Å². The number of sulfonamides is 1. The molecule has 90 valence electrons. The Balaban J connectivity index is 2.52. The van der Waals surface area contributed by atoms with Gasteiger partial charge in [0.2, 0.25) is 10.0 Å². The van der Waals surface area contributed by atoms with Gasteiger partial charge in [0.05, 0.1) is 5.75 Å². The maximum Gasteiger partial charge on any atom is 0.213 e. The average Bonchev–Trinajstić information content (AvgIpc) is 1.99. The molecule has 0 bridgehead atoms. The normalized spacial score (nSPS) is 26.5. The lowest BCUT2D eigenvalue weighted by atomic mass is 9.75. The average molecular weight is 254 g/mol. The van der Waals surface area contributed by atoms with Crippen molar-refractivity contribution in [3.8, 4) is 0 Å². The zero-order valence-electron chi connectivity index (χ0n) is 9.42. The summed E-state index contributed by atoms with van der Waals surface area (Å²) in [4.78, 5) is 0. The molecular weight excluding hydrogens is 234 g/mol. The third kappa shape index (κ3) is 4.70. The van der Waals surface area contributed by atoms with Crippen molar-refractivity contribution in [2.24, 2.45) is 5.41 Å². The smallest absolute Gasteiger partial charge is 0.212 e. The summed E-state index contributed by atoms with van der Waals surface area (Å²) >= 11 is 5.44. The van der Waals surface area contributed by atoms with E-state index in [-0.39, 0.29) is 23.1 Å². The van der Waals surface area contributed by atoms with Gasteiger partial charge < -0.3 is 0 Å². The minimum absolute atomic E-state index is 0.0193. The minimum Gasteiger partial charge on any atom is -0.212 e. The molecule has 1 aliphatic carbocycles. The van der Waals surface area contributed by atoms with Gasteiger partial charge >= 0.3 is 0 Å². The second kappa shape index (κ2) is 5.02. The lowest BCUT2D eigenvalue weighted by molar-refractivity contribution is 0.212. The summed E-state index contributed by atoms with van der Waals surface area (Å²) in [6.07, 6.45) is 4.15. The van der Waals surface area contributed by atoms with Gasteiger partial charge in [-0.05, 0) is 24.7 Å². The Bertz CT molecular complexity index is 301. The molecule has 1 rings (SSSR count). The third-order valence-corrected chi connectivity index (χ3v) is 4.74. The van der Waals surface area contributed by atoms with Crippen LogP contribution in [-0.4, -0.2) is 26.1 Å². The monoisotopic (exact) mass is 253 g/mol. The second-order valence-corrected chi connectivity index (χ2v) is 7.33. The first-order chi connectivity index (χ1) is 6.85. The summed E-state index contributed by atoms with van der Waals surface area (Å²) in [6.45, 7) is 4.38.